The summed E-state index contributed by atoms with van der Waals surface area (Å²) in [5, 5.41) is 0. The third-order valence-electron chi connectivity index (χ3n) is 2.51. The molecule has 1 aromatic carbocycles. The summed E-state index contributed by atoms with van der Waals surface area (Å²) in [4.78, 5) is 21.7. The zero-order valence-electron chi connectivity index (χ0n) is 8.35. The largest absolute Gasteiger partial charge is 0.298 e. The first-order valence-electron chi connectivity index (χ1n) is 4.24. The zero-order valence-corrected chi connectivity index (χ0v) is 9.94. The first-order valence-corrected chi connectivity index (χ1v) is 5.03. The first kappa shape index (κ1) is 11.1. The highest BCUT2D eigenvalue weighted by molar-refractivity contribution is 9.10. The van der Waals surface area contributed by atoms with Crippen molar-refractivity contribution in [3.63, 3.8) is 0 Å². The van der Waals surface area contributed by atoms with Crippen molar-refractivity contribution in [3.05, 3.63) is 32.3 Å². The van der Waals surface area contributed by atoms with Crippen molar-refractivity contribution < 1.29 is 9.59 Å². The minimum absolute atomic E-state index is 0.601. The van der Waals surface area contributed by atoms with Gasteiger partial charge in [-0.05, 0) is 37.5 Å². The molecule has 0 aliphatic rings. The van der Waals surface area contributed by atoms with E-state index >= 15 is 0 Å². The van der Waals surface area contributed by atoms with Crippen LogP contribution in [0.15, 0.2) is 4.47 Å². The van der Waals surface area contributed by atoms with Gasteiger partial charge in [0.05, 0.1) is 0 Å². The smallest absolute Gasteiger partial charge is 0.150 e. The predicted octanol–water partition coefficient (Wildman–Crippen LogP) is 3.00. The van der Waals surface area contributed by atoms with Crippen LogP contribution in [0.25, 0.3) is 0 Å². The summed E-state index contributed by atoms with van der Waals surface area (Å²) in [7, 11) is 0. The Labute approximate surface area is 91.4 Å². The molecular weight excluding hydrogens is 244 g/mol. The standard InChI is InChI=1S/C11H11BrO2/c1-6-9(4-13)7(2)11(12)8(3)10(6)5-14/h4-5H,1-3H3. The summed E-state index contributed by atoms with van der Waals surface area (Å²) < 4.78 is 0.840. The first-order chi connectivity index (χ1) is 6.54. The molecule has 0 N–H and O–H groups in total. The average Bonchev–Trinajstić information content (AvgIpc) is 2.16. The normalized spacial score (nSPS) is 10.0. The highest BCUT2D eigenvalue weighted by Gasteiger charge is 2.14. The SMILES string of the molecule is Cc1c(Br)c(C)c(C=O)c(C)c1C=O. The van der Waals surface area contributed by atoms with Crippen LogP contribution in [0.4, 0.5) is 0 Å². The zero-order chi connectivity index (χ0) is 10.9. The van der Waals surface area contributed by atoms with Gasteiger partial charge in [-0.3, -0.25) is 9.59 Å². The van der Waals surface area contributed by atoms with E-state index < -0.39 is 0 Å². The van der Waals surface area contributed by atoms with Gasteiger partial charge < -0.3 is 0 Å². The molecule has 0 amide bonds. The molecule has 0 unspecified atom stereocenters. The van der Waals surface area contributed by atoms with Gasteiger partial charge in [-0.25, -0.2) is 0 Å². The number of halogens is 1. The van der Waals surface area contributed by atoms with Crippen molar-refractivity contribution in [3.8, 4) is 0 Å². The number of hydrogen-bond acceptors (Lipinski definition) is 2. The van der Waals surface area contributed by atoms with Gasteiger partial charge in [0.15, 0.2) is 12.6 Å². The lowest BCUT2D eigenvalue weighted by Crippen LogP contribution is -2.02. The monoisotopic (exact) mass is 254 g/mol. The minimum Gasteiger partial charge on any atom is -0.298 e. The number of carbonyl (C=O) groups is 2. The molecule has 74 valence electrons. The Kier molecular flexibility index (Phi) is 3.21. The summed E-state index contributed by atoms with van der Waals surface area (Å²) in [6.45, 7) is 5.52. The van der Waals surface area contributed by atoms with Crippen molar-refractivity contribution in [1.29, 1.82) is 0 Å². The molecular formula is C11H11BrO2. The molecule has 0 bridgehead atoms. The van der Waals surface area contributed by atoms with E-state index in [-0.39, 0.29) is 0 Å². The van der Waals surface area contributed by atoms with Crippen molar-refractivity contribution in [2.45, 2.75) is 20.8 Å². The lowest BCUT2D eigenvalue weighted by atomic mass is 9.95. The van der Waals surface area contributed by atoms with Crippen LogP contribution >= 0.6 is 15.9 Å². The fourth-order valence-corrected chi connectivity index (χ4v) is 2.01. The average molecular weight is 255 g/mol. The molecule has 1 rings (SSSR count). The predicted molar refractivity (Wildman–Crippen MR) is 59.1 cm³/mol. The van der Waals surface area contributed by atoms with Gasteiger partial charge in [0.25, 0.3) is 0 Å². The topological polar surface area (TPSA) is 34.1 Å². The van der Waals surface area contributed by atoms with Crippen LogP contribution in [0.3, 0.4) is 0 Å². The Bertz CT molecular complexity index is 373. The molecule has 2 nitrogen and oxygen atoms in total. The van der Waals surface area contributed by atoms with E-state index in [9.17, 15) is 9.59 Å². The van der Waals surface area contributed by atoms with Gasteiger partial charge in [0.2, 0.25) is 0 Å². The quantitative estimate of drug-likeness (QED) is 0.761. The van der Waals surface area contributed by atoms with Gasteiger partial charge >= 0.3 is 0 Å². The molecule has 3 heteroatoms. The van der Waals surface area contributed by atoms with Gasteiger partial charge in [-0.1, -0.05) is 15.9 Å². The summed E-state index contributed by atoms with van der Waals surface area (Å²) in [6.07, 6.45) is 1.59. The molecule has 0 spiro atoms. The van der Waals surface area contributed by atoms with E-state index in [1.807, 2.05) is 13.8 Å². The molecule has 0 saturated heterocycles. The maximum Gasteiger partial charge on any atom is 0.150 e. The fourth-order valence-electron chi connectivity index (χ4n) is 1.58. The van der Waals surface area contributed by atoms with Gasteiger partial charge in [-0.2, -0.15) is 0 Å². The van der Waals surface area contributed by atoms with Gasteiger partial charge in [0.1, 0.15) is 0 Å². The third-order valence-corrected chi connectivity index (χ3v) is 3.70. The number of carbonyl (C=O) groups excluding carboxylic acids is 2. The van der Waals surface area contributed by atoms with Crippen LogP contribution < -0.4 is 0 Å². The second kappa shape index (κ2) is 4.05. The second-order valence-electron chi connectivity index (χ2n) is 3.25. The van der Waals surface area contributed by atoms with Crippen molar-refractivity contribution in [2.75, 3.05) is 0 Å². The Balaban J connectivity index is 3.72. The molecule has 0 radical (unpaired) electrons. The molecule has 0 aliphatic heterocycles. The van der Waals surface area contributed by atoms with Crippen LogP contribution in [-0.2, 0) is 0 Å². The maximum atomic E-state index is 10.8. The molecule has 0 heterocycles. The van der Waals surface area contributed by atoms with E-state index in [0.29, 0.717) is 11.1 Å². The van der Waals surface area contributed by atoms with Gasteiger partial charge in [0, 0.05) is 15.6 Å². The number of rotatable bonds is 2. The minimum atomic E-state index is 0.601. The Morgan fingerprint density at radius 3 is 1.50 bits per heavy atom. The highest BCUT2D eigenvalue weighted by atomic mass is 79.9. The molecule has 0 saturated carbocycles. The van der Waals surface area contributed by atoms with Crippen LogP contribution in [-0.4, -0.2) is 12.6 Å². The van der Waals surface area contributed by atoms with Crippen LogP contribution in [0.5, 0.6) is 0 Å². The molecule has 0 aliphatic carbocycles. The van der Waals surface area contributed by atoms with E-state index in [1.165, 1.54) is 0 Å². The highest BCUT2D eigenvalue weighted by Crippen LogP contribution is 2.29. The molecule has 0 atom stereocenters. The number of benzene rings is 1. The molecule has 1 aromatic rings. The summed E-state index contributed by atoms with van der Waals surface area (Å²) in [5.41, 5.74) is 3.74. The van der Waals surface area contributed by atoms with E-state index in [2.05, 4.69) is 15.9 Å². The van der Waals surface area contributed by atoms with Crippen molar-refractivity contribution in [1.82, 2.24) is 0 Å². The van der Waals surface area contributed by atoms with E-state index in [4.69, 9.17) is 0 Å². The summed E-state index contributed by atoms with van der Waals surface area (Å²) in [5.74, 6) is 0. The van der Waals surface area contributed by atoms with Crippen molar-refractivity contribution >= 4 is 28.5 Å². The molecule has 14 heavy (non-hydrogen) atoms. The number of hydrogen-bond donors (Lipinski definition) is 0. The third kappa shape index (κ3) is 1.52. The summed E-state index contributed by atoms with van der Waals surface area (Å²) >= 11 is 3.38. The molecule has 0 fully saturated rings. The van der Waals surface area contributed by atoms with Crippen LogP contribution in [0.2, 0.25) is 0 Å². The lowest BCUT2D eigenvalue weighted by Gasteiger charge is -2.12. The van der Waals surface area contributed by atoms with Crippen molar-refractivity contribution in [2.24, 2.45) is 0 Å². The van der Waals surface area contributed by atoms with E-state index in [0.717, 1.165) is 33.7 Å². The second-order valence-corrected chi connectivity index (χ2v) is 4.05. The Morgan fingerprint density at radius 1 is 0.857 bits per heavy atom. The number of aldehydes is 2. The Hall–Kier alpha value is -0.960. The van der Waals surface area contributed by atoms with Crippen LogP contribution in [0.1, 0.15) is 37.4 Å². The Morgan fingerprint density at radius 2 is 1.21 bits per heavy atom. The lowest BCUT2D eigenvalue weighted by molar-refractivity contribution is 0.112. The maximum absolute atomic E-state index is 10.8. The summed E-state index contributed by atoms with van der Waals surface area (Å²) in [6, 6.07) is 0. The molecule has 0 aromatic heterocycles. The van der Waals surface area contributed by atoms with E-state index in [1.54, 1.807) is 6.92 Å². The fraction of sp³-hybridized carbons (Fsp3) is 0.273. The van der Waals surface area contributed by atoms with Crippen LogP contribution in [0, 0.1) is 20.8 Å². The van der Waals surface area contributed by atoms with Gasteiger partial charge in [-0.15, -0.1) is 0 Å².